The Balaban J connectivity index is 1.44. The summed E-state index contributed by atoms with van der Waals surface area (Å²) in [6, 6.07) is 15.8. The minimum Gasteiger partial charge on any atom is -0.464 e. The molecule has 0 radical (unpaired) electrons. The first-order chi connectivity index (χ1) is 14.1. The molecule has 2 amide bonds. The topological polar surface area (TPSA) is 62.6 Å². The summed E-state index contributed by atoms with van der Waals surface area (Å²) in [5.74, 6) is 0.119. The van der Waals surface area contributed by atoms with Crippen LogP contribution in [0, 0.1) is 5.92 Å². The van der Waals surface area contributed by atoms with Crippen LogP contribution in [0.5, 0.6) is 0 Å². The van der Waals surface area contributed by atoms with Gasteiger partial charge in [-0.3, -0.25) is 9.59 Å². The van der Waals surface area contributed by atoms with Crippen LogP contribution in [0.15, 0.2) is 59.2 Å². The maximum absolute atomic E-state index is 12.9. The van der Waals surface area contributed by atoms with Gasteiger partial charge in [-0.25, -0.2) is 0 Å². The highest BCUT2D eigenvalue weighted by Crippen LogP contribution is 2.30. The van der Waals surface area contributed by atoms with Gasteiger partial charge in [0, 0.05) is 36.5 Å². The summed E-state index contributed by atoms with van der Waals surface area (Å²) >= 11 is 0. The molecule has 0 spiro atoms. The van der Waals surface area contributed by atoms with Gasteiger partial charge in [0.15, 0.2) is 0 Å². The Hall–Kier alpha value is -3.08. The minimum atomic E-state index is 0.00314. The highest BCUT2D eigenvalue weighted by molar-refractivity contribution is 5.95. The van der Waals surface area contributed by atoms with E-state index in [-0.39, 0.29) is 23.8 Å². The summed E-state index contributed by atoms with van der Waals surface area (Å²) in [6.07, 6.45) is 4.12. The monoisotopic (exact) mass is 390 g/mol. The van der Waals surface area contributed by atoms with Crippen molar-refractivity contribution in [1.82, 2.24) is 10.2 Å². The van der Waals surface area contributed by atoms with Gasteiger partial charge in [-0.2, -0.15) is 0 Å². The smallest absolute Gasteiger partial charge is 0.253 e. The first-order valence-electron chi connectivity index (χ1n) is 10.2. The average molecular weight is 390 g/mol. The molecule has 29 heavy (non-hydrogen) atoms. The molecule has 1 aromatic heterocycles. The molecule has 3 aromatic rings. The first-order valence-corrected chi connectivity index (χ1v) is 10.2. The molecule has 1 heterocycles. The lowest BCUT2D eigenvalue weighted by atomic mass is 10.0. The molecule has 2 atom stereocenters. The number of fused-ring (bicyclic) bond motifs is 1. The van der Waals surface area contributed by atoms with E-state index in [9.17, 15) is 9.59 Å². The second-order valence-electron chi connectivity index (χ2n) is 7.72. The fraction of sp³-hybridized carbons (Fsp3) is 0.333. The Morgan fingerprint density at radius 3 is 2.59 bits per heavy atom. The minimum absolute atomic E-state index is 0.00314. The highest BCUT2D eigenvalue weighted by Gasteiger charge is 2.33. The van der Waals surface area contributed by atoms with Gasteiger partial charge in [0.25, 0.3) is 5.91 Å². The van der Waals surface area contributed by atoms with Crippen LogP contribution in [-0.4, -0.2) is 36.3 Å². The molecule has 0 aliphatic heterocycles. The second-order valence-corrected chi connectivity index (χ2v) is 7.72. The molecule has 5 nitrogen and oxygen atoms in total. The fourth-order valence-corrected chi connectivity index (χ4v) is 4.19. The van der Waals surface area contributed by atoms with Gasteiger partial charge in [-0.05, 0) is 67.6 Å². The second kappa shape index (κ2) is 8.11. The van der Waals surface area contributed by atoms with Gasteiger partial charge in [-0.15, -0.1) is 0 Å². The molecule has 1 aliphatic carbocycles. The predicted octanol–water partition coefficient (Wildman–Crippen LogP) is 4.48. The normalized spacial score (nSPS) is 18.7. The number of benzene rings is 2. The van der Waals surface area contributed by atoms with Gasteiger partial charge >= 0.3 is 0 Å². The van der Waals surface area contributed by atoms with Crippen molar-refractivity contribution in [3.63, 3.8) is 0 Å². The summed E-state index contributed by atoms with van der Waals surface area (Å²) in [7, 11) is 1.84. The lowest BCUT2D eigenvalue weighted by Crippen LogP contribution is -2.36. The van der Waals surface area contributed by atoms with Crippen LogP contribution >= 0.6 is 0 Å². The third-order valence-electron chi connectivity index (χ3n) is 5.91. The van der Waals surface area contributed by atoms with E-state index in [0.717, 1.165) is 41.4 Å². The molecule has 1 aliphatic rings. The van der Waals surface area contributed by atoms with Crippen molar-refractivity contribution in [1.29, 1.82) is 0 Å². The maximum Gasteiger partial charge on any atom is 0.253 e. The highest BCUT2D eigenvalue weighted by atomic mass is 16.3. The summed E-state index contributed by atoms with van der Waals surface area (Å²) in [6.45, 7) is 2.57. The molecule has 2 aromatic carbocycles. The summed E-state index contributed by atoms with van der Waals surface area (Å²) in [5.41, 5.74) is 3.68. The van der Waals surface area contributed by atoms with Crippen molar-refractivity contribution in [2.24, 2.45) is 5.92 Å². The zero-order valence-electron chi connectivity index (χ0n) is 16.9. The molecule has 5 heteroatoms. The van der Waals surface area contributed by atoms with Crippen LogP contribution < -0.4 is 5.32 Å². The quantitative estimate of drug-likeness (QED) is 0.699. The van der Waals surface area contributed by atoms with Gasteiger partial charge < -0.3 is 14.6 Å². The average Bonchev–Trinajstić information content (AvgIpc) is 3.42. The number of nitrogens with one attached hydrogen (secondary N) is 1. The zero-order chi connectivity index (χ0) is 20.4. The number of furan rings is 1. The maximum atomic E-state index is 12.9. The van der Waals surface area contributed by atoms with Crippen molar-refractivity contribution >= 4 is 22.8 Å². The van der Waals surface area contributed by atoms with E-state index in [2.05, 4.69) is 11.4 Å². The van der Waals surface area contributed by atoms with Crippen molar-refractivity contribution in [3.05, 3.63) is 60.4 Å². The SMILES string of the molecule is CCNC(=O)[C@H]1CCC(N(C)C(=O)c2ccc(-c3ccc4occc4c3)cc2)C1. The zero-order valence-corrected chi connectivity index (χ0v) is 16.9. The van der Waals surface area contributed by atoms with Crippen molar-refractivity contribution in [2.45, 2.75) is 32.2 Å². The first kappa shape index (κ1) is 19.2. The molecule has 1 saturated carbocycles. The number of nitrogens with zero attached hydrogens (tertiary/aromatic N) is 1. The Bertz CT molecular complexity index is 1020. The Morgan fingerprint density at radius 1 is 1.07 bits per heavy atom. The predicted molar refractivity (Wildman–Crippen MR) is 114 cm³/mol. The fourth-order valence-electron chi connectivity index (χ4n) is 4.19. The third kappa shape index (κ3) is 3.90. The molecule has 1 unspecified atom stereocenters. The van der Waals surface area contributed by atoms with Crippen LogP contribution in [0.4, 0.5) is 0 Å². The van der Waals surface area contributed by atoms with Gasteiger partial charge in [0.1, 0.15) is 5.58 Å². The number of carbonyl (C=O) groups is 2. The molecule has 4 rings (SSSR count). The van der Waals surface area contributed by atoms with E-state index < -0.39 is 0 Å². The van der Waals surface area contributed by atoms with Crippen LogP contribution in [0.25, 0.3) is 22.1 Å². The van der Waals surface area contributed by atoms with Crippen molar-refractivity contribution in [3.8, 4) is 11.1 Å². The molecule has 0 bridgehead atoms. The van der Waals surface area contributed by atoms with Gasteiger partial charge in [0.2, 0.25) is 5.91 Å². The summed E-state index contributed by atoms with van der Waals surface area (Å²) in [4.78, 5) is 26.8. The molecule has 1 fully saturated rings. The number of hydrogen-bond acceptors (Lipinski definition) is 3. The summed E-state index contributed by atoms with van der Waals surface area (Å²) < 4.78 is 5.39. The van der Waals surface area contributed by atoms with E-state index in [4.69, 9.17) is 4.42 Å². The van der Waals surface area contributed by atoms with Crippen LogP contribution in [0.2, 0.25) is 0 Å². The Morgan fingerprint density at radius 2 is 1.83 bits per heavy atom. The van der Waals surface area contributed by atoms with E-state index in [1.54, 1.807) is 11.2 Å². The molecule has 1 N–H and O–H groups in total. The molecule has 150 valence electrons. The molecular formula is C24H26N2O3. The van der Waals surface area contributed by atoms with E-state index in [1.165, 1.54) is 0 Å². The number of rotatable bonds is 5. The Kier molecular flexibility index (Phi) is 5.38. The lowest BCUT2D eigenvalue weighted by Gasteiger charge is -2.25. The third-order valence-corrected chi connectivity index (χ3v) is 5.91. The van der Waals surface area contributed by atoms with E-state index >= 15 is 0 Å². The standard InChI is InChI=1S/C24H26N2O3/c1-3-25-23(27)20-8-10-21(15-20)26(2)24(28)17-6-4-16(5-7-17)18-9-11-22-19(14-18)12-13-29-22/h4-7,9,11-14,20-21H,3,8,10,15H2,1-2H3,(H,25,27)/t20-,21?/m0/s1. The van der Waals surface area contributed by atoms with Gasteiger partial charge in [0.05, 0.1) is 6.26 Å². The summed E-state index contributed by atoms with van der Waals surface area (Å²) in [5, 5.41) is 3.95. The lowest BCUT2D eigenvalue weighted by molar-refractivity contribution is -0.124. The van der Waals surface area contributed by atoms with E-state index in [1.807, 2.05) is 56.4 Å². The Labute approximate surface area is 170 Å². The number of hydrogen-bond donors (Lipinski definition) is 1. The van der Waals surface area contributed by atoms with Gasteiger partial charge in [-0.1, -0.05) is 18.2 Å². The number of carbonyl (C=O) groups excluding carboxylic acids is 2. The van der Waals surface area contributed by atoms with Crippen molar-refractivity contribution in [2.75, 3.05) is 13.6 Å². The van der Waals surface area contributed by atoms with Crippen LogP contribution in [0.3, 0.4) is 0 Å². The number of amides is 2. The largest absolute Gasteiger partial charge is 0.464 e. The molecular weight excluding hydrogens is 364 g/mol. The van der Waals surface area contributed by atoms with Crippen LogP contribution in [-0.2, 0) is 4.79 Å². The van der Waals surface area contributed by atoms with E-state index in [0.29, 0.717) is 12.1 Å². The molecule has 0 saturated heterocycles. The van der Waals surface area contributed by atoms with Crippen LogP contribution in [0.1, 0.15) is 36.5 Å². The van der Waals surface area contributed by atoms with Crippen molar-refractivity contribution < 1.29 is 14.0 Å².